The molecule has 6 heteroatoms. The maximum atomic E-state index is 12.6. The van der Waals surface area contributed by atoms with Crippen LogP contribution in [0.3, 0.4) is 0 Å². The molecule has 0 bridgehead atoms. The Morgan fingerprint density at radius 3 is 2.63 bits per heavy atom. The molecule has 0 aromatic carbocycles. The van der Waals surface area contributed by atoms with Crippen molar-refractivity contribution in [1.82, 2.24) is 20.1 Å². The van der Waals surface area contributed by atoms with Crippen LogP contribution in [0.1, 0.15) is 67.0 Å². The molecule has 1 aliphatic rings. The summed E-state index contributed by atoms with van der Waals surface area (Å²) in [6, 6.07) is 4.15. The highest BCUT2D eigenvalue weighted by Crippen LogP contribution is 2.27. The fraction of sp³-hybridized carbons (Fsp3) is 0.571. The second kappa shape index (κ2) is 8.87. The Bertz CT molecular complexity index is 793. The van der Waals surface area contributed by atoms with Gasteiger partial charge in [-0.15, -0.1) is 0 Å². The topological polar surface area (TPSA) is 59.8 Å². The summed E-state index contributed by atoms with van der Waals surface area (Å²) in [4.78, 5) is 16.7. The van der Waals surface area contributed by atoms with Gasteiger partial charge in [0.1, 0.15) is 0 Å². The number of nitrogens with zero attached hydrogens (tertiary/aromatic N) is 3. The van der Waals surface area contributed by atoms with Crippen molar-refractivity contribution in [3.63, 3.8) is 0 Å². The summed E-state index contributed by atoms with van der Waals surface area (Å²) in [5.74, 6) is 0.557. The SMILES string of the molecule is CCc1cc(CC)n(C[C@H]2CC[C@H](NC(=O)c3cc(Cl)cnc3C)CC2)n1. The van der Waals surface area contributed by atoms with Crippen LogP contribution in [0.2, 0.25) is 5.02 Å². The van der Waals surface area contributed by atoms with Crippen LogP contribution in [-0.4, -0.2) is 26.7 Å². The molecule has 3 rings (SSSR count). The summed E-state index contributed by atoms with van der Waals surface area (Å²) in [6.45, 7) is 7.16. The van der Waals surface area contributed by atoms with E-state index in [1.807, 2.05) is 6.92 Å². The van der Waals surface area contributed by atoms with Gasteiger partial charge in [-0.05, 0) is 63.5 Å². The molecule has 1 fully saturated rings. The van der Waals surface area contributed by atoms with Gasteiger partial charge in [0.05, 0.1) is 22.0 Å². The van der Waals surface area contributed by atoms with Crippen LogP contribution in [0.5, 0.6) is 0 Å². The van der Waals surface area contributed by atoms with Gasteiger partial charge < -0.3 is 5.32 Å². The smallest absolute Gasteiger partial charge is 0.253 e. The number of rotatable bonds is 6. The van der Waals surface area contributed by atoms with Crippen LogP contribution >= 0.6 is 11.6 Å². The summed E-state index contributed by atoms with van der Waals surface area (Å²) in [5, 5.41) is 8.40. The van der Waals surface area contributed by atoms with Crippen molar-refractivity contribution in [3.05, 3.63) is 46.0 Å². The summed E-state index contributed by atoms with van der Waals surface area (Å²) in [7, 11) is 0. The fourth-order valence-corrected chi connectivity index (χ4v) is 4.02. The van der Waals surface area contributed by atoms with Crippen molar-refractivity contribution in [2.75, 3.05) is 0 Å². The van der Waals surface area contributed by atoms with Crippen molar-refractivity contribution in [2.45, 2.75) is 71.9 Å². The highest BCUT2D eigenvalue weighted by Gasteiger charge is 2.24. The fourth-order valence-electron chi connectivity index (χ4n) is 3.86. The molecule has 1 saturated carbocycles. The summed E-state index contributed by atoms with van der Waals surface area (Å²) in [6.07, 6.45) is 7.81. The van der Waals surface area contributed by atoms with E-state index in [9.17, 15) is 4.79 Å². The van der Waals surface area contributed by atoms with E-state index < -0.39 is 0 Å². The zero-order valence-electron chi connectivity index (χ0n) is 16.5. The molecule has 0 spiro atoms. The summed E-state index contributed by atoms with van der Waals surface area (Å²) < 4.78 is 2.20. The van der Waals surface area contributed by atoms with E-state index in [-0.39, 0.29) is 11.9 Å². The van der Waals surface area contributed by atoms with Crippen LogP contribution < -0.4 is 5.32 Å². The number of hydrogen-bond donors (Lipinski definition) is 1. The normalized spacial score (nSPS) is 19.9. The van der Waals surface area contributed by atoms with Crippen LogP contribution in [-0.2, 0) is 19.4 Å². The van der Waals surface area contributed by atoms with Crippen LogP contribution in [0.4, 0.5) is 0 Å². The van der Waals surface area contributed by atoms with E-state index >= 15 is 0 Å². The van der Waals surface area contributed by atoms with E-state index in [0.717, 1.165) is 45.1 Å². The van der Waals surface area contributed by atoms with Gasteiger partial charge >= 0.3 is 0 Å². The number of aryl methyl sites for hydroxylation is 3. The molecule has 0 radical (unpaired) electrons. The van der Waals surface area contributed by atoms with Gasteiger partial charge in [-0.25, -0.2) is 0 Å². The van der Waals surface area contributed by atoms with Crippen LogP contribution in [0, 0.1) is 12.8 Å². The summed E-state index contributed by atoms with van der Waals surface area (Å²) >= 11 is 5.99. The Balaban J connectivity index is 1.54. The van der Waals surface area contributed by atoms with Gasteiger partial charge in [0.2, 0.25) is 0 Å². The first-order chi connectivity index (χ1) is 13.0. The molecular weight excluding hydrogens is 360 g/mol. The van der Waals surface area contributed by atoms with Crippen LogP contribution in [0.15, 0.2) is 18.3 Å². The number of nitrogens with one attached hydrogen (secondary N) is 1. The number of amides is 1. The molecule has 0 aliphatic heterocycles. The molecule has 1 N–H and O–H groups in total. The Kier molecular flexibility index (Phi) is 6.53. The van der Waals surface area contributed by atoms with Crippen molar-refractivity contribution < 1.29 is 4.79 Å². The average molecular weight is 389 g/mol. The zero-order valence-corrected chi connectivity index (χ0v) is 17.2. The molecule has 5 nitrogen and oxygen atoms in total. The number of hydrogen-bond acceptors (Lipinski definition) is 3. The average Bonchev–Trinajstić information content (AvgIpc) is 3.07. The zero-order chi connectivity index (χ0) is 19.4. The molecule has 2 heterocycles. The number of carbonyl (C=O) groups excluding carboxylic acids is 1. The quantitative estimate of drug-likeness (QED) is 0.800. The number of aromatic nitrogens is 3. The van der Waals surface area contributed by atoms with E-state index in [4.69, 9.17) is 16.7 Å². The highest BCUT2D eigenvalue weighted by molar-refractivity contribution is 6.30. The predicted molar refractivity (Wildman–Crippen MR) is 108 cm³/mol. The second-order valence-electron chi connectivity index (χ2n) is 7.49. The van der Waals surface area contributed by atoms with E-state index in [1.54, 1.807) is 12.3 Å². The number of halogens is 1. The maximum absolute atomic E-state index is 12.6. The molecule has 146 valence electrons. The van der Waals surface area contributed by atoms with Gasteiger partial charge in [-0.2, -0.15) is 5.10 Å². The molecular formula is C21H29ClN4O. The monoisotopic (exact) mass is 388 g/mol. The first-order valence-corrected chi connectivity index (χ1v) is 10.4. The van der Waals surface area contributed by atoms with Gasteiger partial charge in [0.15, 0.2) is 0 Å². The van der Waals surface area contributed by atoms with Gasteiger partial charge in [0.25, 0.3) is 5.91 Å². The molecule has 2 aromatic heterocycles. The molecule has 0 atom stereocenters. The Labute approximate surface area is 166 Å². The molecule has 2 aromatic rings. The van der Waals surface area contributed by atoms with E-state index in [0.29, 0.717) is 22.2 Å². The molecule has 1 amide bonds. The minimum absolute atomic E-state index is 0.0705. The third-order valence-corrected chi connectivity index (χ3v) is 5.76. The third kappa shape index (κ3) is 4.89. The van der Waals surface area contributed by atoms with E-state index in [2.05, 4.69) is 34.9 Å². The van der Waals surface area contributed by atoms with E-state index in [1.165, 1.54) is 11.4 Å². The minimum Gasteiger partial charge on any atom is -0.349 e. The molecule has 1 aliphatic carbocycles. The van der Waals surface area contributed by atoms with Crippen LogP contribution in [0.25, 0.3) is 0 Å². The first kappa shape index (κ1) is 19.9. The van der Waals surface area contributed by atoms with Gasteiger partial charge in [0, 0.05) is 24.5 Å². The van der Waals surface area contributed by atoms with Gasteiger partial charge in [-0.3, -0.25) is 14.5 Å². The van der Waals surface area contributed by atoms with Crippen molar-refractivity contribution in [1.29, 1.82) is 0 Å². The largest absolute Gasteiger partial charge is 0.349 e. The minimum atomic E-state index is -0.0705. The van der Waals surface area contributed by atoms with Crippen molar-refractivity contribution in [2.24, 2.45) is 5.92 Å². The number of carbonyl (C=O) groups is 1. The Morgan fingerprint density at radius 2 is 1.96 bits per heavy atom. The third-order valence-electron chi connectivity index (χ3n) is 5.55. The maximum Gasteiger partial charge on any atom is 0.253 e. The highest BCUT2D eigenvalue weighted by atomic mass is 35.5. The molecule has 27 heavy (non-hydrogen) atoms. The second-order valence-corrected chi connectivity index (χ2v) is 7.93. The van der Waals surface area contributed by atoms with Gasteiger partial charge in [-0.1, -0.05) is 25.4 Å². The lowest BCUT2D eigenvalue weighted by Gasteiger charge is -2.29. The Hall–Kier alpha value is -1.88. The molecule has 0 saturated heterocycles. The predicted octanol–water partition coefficient (Wildman–Crippen LogP) is 4.35. The lowest BCUT2D eigenvalue weighted by molar-refractivity contribution is 0.0919. The number of pyridine rings is 1. The summed E-state index contributed by atoms with van der Waals surface area (Å²) in [5.41, 5.74) is 3.79. The standard InChI is InChI=1S/C21H29ClN4O/c1-4-17-11-19(5-2)26(25-17)13-15-6-8-18(9-7-15)24-21(27)20-10-16(22)12-23-14(20)3/h10-12,15,18H,4-9,13H2,1-3H3,(H,24,27)/t15-,18-. The van der Waals surface area contributed by atoms with Crippen molar-refractivity contribution in [3.8, 4) is 0 Å². The Morgan fingerprint density at radius 1 is 1.22 bits per heavy atom. The molecule has 0 unspecified atom stereocenters. The lowest BCUT2D eigenvalue weighted by atomic mass is 9.86. The first-order valence-electron chi connectivity index (χ1n) is 9.98. The van der Waals surface area contributed by atoms with Crippen molar-refractivity contribution >= 4 is 17.5 Å². The lowest BCUT2D eigenvalue weighted by Crippen LogP contribution is -2.38.